The predicted molar refractivity (Wildman–Crippen MR) is 75.6 cm³/mol. The van der Waals surface area contributed by atoms with Gasteiger partial charge >= 0.3 is 0 Å². The zero-order valence-electron chi connectivity index (χ0n) is 10.8. The van der Waals surface area contributed by atoms with E-state index in [9.17, 15) is 5.11 Å². The third kappa shape index (κ3) is 3.79. The molecule has 0 aromatic heterocycles. The lowest BCUT2D eigenvalue weighted by atomic mass is 10.1. The van der Waals surface area contributed by atoms with Crippen molar-refractivity contribution in [2.24, 2.45) is 0 Å². The second-order valence-corrected chi connectivity index (χ2v) is 5.96. The van der Waals surface area contributed by atoms with Crippen molar-refractivity contribution in [2.75, 3.05) is 19.6 Å². The molecule has 1 heterocycles. The maximum atomic E-state index is 10.2. The Labute approximate surface area is 117 Å². The van der Waals surface area contributed by atoms with E-state index in [0.717, 1.165) is 23.1 Å². The summed E-state index contributed by atoms with van der Waals surface area (Å²) in [4.78, 5) is 2.27. The van der Waals surface area contributed by atoms with Crippen molar-refractivity contribution < 1.29 is 9.84 Å². The van der Waals surface area contributed by atoms with E-state index in [0.29, 0.717) is 6.54 Å². The number of nitrogens with zero attached hydrogens (tertiary/aromatic N) is 1. The highest BCUT2D eigenvalue weighted by Gasteiger charge is 2.24. The van der Waals surface area contributed by atoms with Gasteiger partial charge in [0.2, 0.25) is 0 Å². The number of aliphatic hydroxyl groups excluding tert-OH is 1. The Hall–Kier alpha value is -0.420. The van der Waals surface area contributed by atoms with Gasteiger partial charge in [-0.25, -0.2) is 0 Å². The van der Waals surface area contributed by atoms with Crippen LogP contribution in [0.15, 0.2) is 28.7 Å². The summed E-state index contributed by atoms with van der Waals surface area (Å²) in [5, 5.41) is 10.2. The summed E-state index contributed by atoms with van der Waals surface area (Å²) >= 11 is 3.40. The number of benzene rings is 1. The van der Waals surface area contributed by atoms with Crippen LogP contribution in [0.5, 0.6) is 0 Å². The minimum absolute atomic E-state index is 0.242. The molecule has 0 radical (unpaired) electrons. The average molecular weight is 314 g/mol. The molecule has 18 heavy (non-hydrogen) atoms. The lowest BCUT2D eigenvalue weighted by molar-refractivity contribution is -0.0767. The number of aliphatic hydroxyl groups is 1. The highest BCUT2D eigenvalue weighted by atomic mass is 79.9. The van der Waals surface area contributed by atoms with Gasteiger partial charge in [0.1, 0.15) is 0 Å². The molecule has 1 aromatic carbocycles. The van der Waals surface area contributed by atoms with E-state index in [1.54, 1.807) is 0 Å². The lowest BCUT2D eigenvalue weighted by Gasteiger charge is -2.36. The molecule has 0 bridgehead atoms. The van der Waals surface area contributed by atoms with Crippen LogP contribution in [0, 0.1) is 0 Å². The van der Waals surface area contributed by atoms with Crippen molar-refractivity contribution in [3.05, 3.63) is 34.3 Å². The molecule has 1 aliphatic heterocycles. The molecule has 3 atom stereocenters. The normalized spacial score (nSPS) is 27.1. The van der Waals surface area contributed by atoms with E-state index in [2.05, 4.69) is 34.7 Å². The quantitative estimate of drug-likeness (QED) is 0.931. The van der Waals surface area contributed by atoms with Crippen LogP contribution in [0.2, 0.25) is 0 Å². The lowest BCUT2D eigenvalue weighted by Crippen LogP contribution is -2.46. The molecular weight excluding hydrogens is 294 g/mol. The minimum atomic E-state index is -0.435. The van der Waals surface area contributed by atoms with E-state index in [1.165, 1.54) is 0 Å². The van der Waals surface area contributed by atoms with Crippen molar-refractivity contribution in [3.8, 4) is 0 Å². The van der Waals surface area contributed by atoms with Crippen LogP contribution < -0.4 is 0 Å². The number of hydrogen-bond donors (Lipinski definition) is 1. The molecule has 1 saturated heterocycles. The van der Waals surface area contributed by atoms with Crippen LogP contribution >= 0.6 is 15.9 Å². The molecule has 0 unspecified atom stereocenters. The molecule has 0 amide bonds. The first-order valence-corrected chi connectivity index (χ1v) is 7.15. The molecule has 1 aliphatic rings. The first-order valence-electron chi connectivity index (χ1n) is 6.36. The Morgan fingerprint density at radius 1 is 1.28 bits per heavy atom. The van der Waals surface area contributed by atoms with Gasteiger partial charge < -0.3 is 9.84 Å². The Balaban J connectivity index is 1.94. The van der Waals surface area contributed by atoms with E-state index in [4.69, 9.17) is 4.74 Å². The molecule has 3 nitrogen and oxygen atoms in total. The molecule has 0 spiro atoms. The van der Waals surface area contributed by atoms with Gasteiger partial charge in [0.25, 0.3) is 0 Å². The summed E-state index contributed by atoms with van der Waals surface area (Å²) in [7, 11) is 0. The van der Waals surface area contributed by atoms with Crippen molar-refractivity contribution in [2.45, 2.75) is 32.2 Å². The monoisotopic (exact) mass is 313 g/mol. The Bertz CT molecular complexity index is 372. The first kappa shape index (κ1) is 14.0. The Kier molecular flexibility index (Phi) is 4.78. The smallest absolute Gasteiger partial charge is 0.0916 e. The molecule has 0 aliphatic carbocycles. The predicted octanol–water partition coefficient (Wildman–Crippen LogP) is 2.59. The number of morpholine rings is 1. The van der Waals surface area contributed by atoms with Crippen LogP contribution in [0.3, 0.4) is 0 Å². The van der Waals surface area contributed by atoms with Gasteiger partial charge in [0, 0.05) is 24.1 Å². The molecular formula is C14H20BrNO2. The van der Waals surface area contributed by atoms with Crippen LogP contribution in [-0.2, 0) is 4.74 Å². The average Bonchev–Trinajstić information content (AvgIpc) is 2.28. The summed E-state index contributed by atoms with van der Waals surface area (Å²) < 4.78 is 6.72. The van der Waals surface area contributed by atoms with Gasteiger partial charge in [0.15, 0.2) is 0 Å². The molecule has 1 aromatic rings. The number of halogens is 1. The molecule has 4 heteroatoms. The Morgan fingerprint density at radius 2 is 1.83 bits per heavy atom. The van der Waals surface area contributed by atoms with Crippen LogP contribution in [-0.4, -0.2) is 41.8 Å². The summed E-state index contributed by atoms with van der Waals surface area (Å²) in [6.45, 7) is 6.60. The van der Waals surface area contributed by atoms with Crippen molar-refractivity contribution in [1.29, 1.82) is 0 Å². The molecule has 1 fully saturated rings. The van der Waals surface area contributed by atoms with Gasteiger partial charge in [-0.15, -0.1) is 0 Å². The summed E-state index contributed by atoms with van der Waals surface area (Å²) in [5.74, 6) is 0. The molecule has 1 N–H and O–H groups in total. The third-order valence-corrected chi connectivity index (χ3v) is 3.71. The summed E-state index contributed by atoms with van der Waals surface area (Å²) in [6.07, 6.45) is 0.0485. The number of β-amino-alcohol motifs (C(OH)–C–C–N with tert-alkyl or cyclic N) is 1. The van der Waals surface area contributed by atoms with Crippen LogP contribution in [0.1, 0.15) is 25.5 Å². The highest BCUT2D eigenvalue weighted by molar-refractivity contribution is 9.10. The number of hydrogen-bond acceptors (Lipinski definition) is 3. The van der Waals surface area contributed by atoms with E-state index < -0.39 is 6.10 Å². The summed E-state index contributed by atoms with van der Waals surface area (Å²) in [6, 6.07) is 7.84. The van der Waals surface area contributed by atoms with Gasteiger partial charge in [0.05, 0.1) is 18.3 Å². The van der Waals surface area contributed by atoms with Gasteiger partial charge in [-0.2, -0.15) is 0 Å². The molecule has 0 saturated carbocycles. The third-order valence-electron chi connectivity index (χ3n) is 3.18. The molecule has 100 valence electrons. The first-order chi connectivity index (χ1) is 8.54. The van der Waals surface area contributed by atoms with Crippen molar-refractivity contribution >= 4 is 15.9 Å². The van der Waals surface area contributed by atoms with Crippen LogP contribution in [0.25, 0.3) is 0 Å². The number of rotatable bonds is 3. The standard InChI is InChI=1S/C14H20BrNO2/c1-10-7-16(8-11(2)18-10)9-14(17)12-3-5-13(15)6-4-12/h3-6,10-11,14,17H,7-9H2,1-2H3/t10-,11+,14-/m1/s1. The highest BCUT2D eigenvalue weighted by Crippen LogP contribution is 2.19. The van der Waals surface area contributed by atoms with Crippen molar-refractivity contribution in [1.82, 2.24) is 4.90 Å². The fraction of sp³-hybridized carbons (Fsp3) is 0.571. The Morgan fingerprint density at radius 3 is 2.39 bits per heavy atom. The SMILES string of the molecule is C[C@@H]1CN(C[C@@H](O)c2ccc(Br)cc2)C[C@H](C)O1. The van der Waals surface area contributed by atoms with Gasteiger partial charge in [-0.1, -0.05) is 28.1 Å². The second-order valence-electron chi connectivity index (χ2n) is 5.04. The molecule has 2 rings (SSSR count). The zero-order chi connectivity index (χ0) is 13.1. The minimum Gasteiger partial charge on any atom is -0.387 e. The number of ether oxygens (including phenoxy) is 1. The largest absolute Gasteiger partial charge is 0.387 e. The van der Waals surface area contributed by atoms with E-state index in [1.807, 2.05) is 24.3 Å². The topological polar surface area (TPSA) is 32.7 Å². The van der Waals surface area contributed by atoms with Gasteiger partial charge in [-0.3, -0.25) is 4.90 Å². The van der Waals surface area contributed by atoms with E-state index >= 15 is 0 Å². The maximum absolute atomic E-state index is 10.2. The van der Waals surface area contributed by atoms with E-state index in [-0.39, 0.29) is 12.2 Å². The summed E-state index contributed by atoms with van der Waals surface area (Å²) in [5.41, 5.74) is 0.963. The fourth-order valence-corrected chi connectivity index (χ4v) is 2.73. The fourth-order valence-electron chi connectivity index (χ4n) is 2.47. The maximum Gasteiger partial charge on any atom is 0.0916 e. The van der Waals surface area contributed by atoms with Crippen LogP contribution in [0.4, 0.5) is 0 Å². The van der Waals surface area contributed by atoms with Crippen molar-refractivity contribution in [3.63, 3.8) is 0 Å². The second kappa shape index (κ2) is 6.15. The van der Waals surface area contributed by atoms with Gasteiger partial charge in [-0.05, 0) is 31.5 Å². The zero-order valence-corrected chi connectivity index (χ0v) is 12.4.